The van der Waals surface area contributed by atoms with Gasteiger partial charge in [-0.2, -0.15) is 0 Å². The number of ether oxygens (including phenoxy) is 2. The highest BCUT2D eigenvalue weighted by molar-refractivity contribution is 14.0. The maximum Gasteiger partial charge on any atom is 0.191 e. The van der Waals surface area contributed by atoms with Gasteiger partial charge in [-0.3, -0.25) is 4.99 Å². The number of halogens is 1. The fraction of sp³-hybridized carbons (Fsp3) is 0.682. The van der Waals surface area contributed by atoms with Crippen LogP contribution < -0.4 is 20.1 Å². The molecule has 2 aliphatic rings. The fourth-order valence-electron chi connectivity index (χ4n) is 4.16. The number of rotatable bonds is 7. The summed E-state index contributed by atoms with van der Waals surface area (Å²) in [4.78, 5) is 6.93. The first-order chi connectivity index (χ1) is 13.6. The van der Waals surface area contributed by atoms with E-state index in [4.69, 9.17) is 9.47 Å². The zero-order valence-corrected chi connectivity index (χ0v) is 20.6. The molecular weight excluding hydrogens is 479 g/mol. The van der Waals surface area contributed by atoms with Gasteiger partial charge in [0.2, 0.25) is 0 Å². The Hall–Kier alpha value is -1.22. The van der Waals surface area contributed by atoms with Crippen LogP contribution in [0.3, 0.4) is 0 Å². The van der Waals surface area contributed by atoms with Crippen LogP contribution >= 0.6 is 24.0 Å². The zero-order chi connectivity index (χ0) is 19.9. The first kappa shape index (κ1) is 24.1. The summed E-state index contributed by atoms with van der Waals surface area (Å²) in [5.41, 5.74) is 2.34. The molecule has 6 nitrogen and oxygen atoms in total. The Labute approximate surface area is 192 Å². The average molecular weight is 516 g/mol. The topological polar surface area (TPSA) is 58.1 Å². The second-order valence-electron chi connectivity index (χ2n) is 7.84. The highest BCUT2D eigenvalue weighted by atomic mass is 127. The number of fused-ring (bicyclic) bond motifs is 1. The Morgan fingerprint density at radius 2 is 2.14 bits per heavy atom. The van der Waals surface area contributed by atoms with Crippen molar-refractivity contribution in [2.75, 3.05) is 39.8 Å². The number of hydrogen-bond acceptors (Lipinski definition) is 4. The van der Waals surface area contributed by atoms with E-state index in [0.717, 1.165) is 42.5 Å². The Kier molecular flexibility index (Phi) is 9.82. The minimum absolute atomic E-state index is 0. The summed E-state index contributed by atoms with van der Waals surface area (Å²) in [7, 11) is 1.82. The van der Waals surface area contributed by atoms with Crippen molar-refractivity contribution in [2.24, 2.45) is 10.9 Å². The van der Waals surface area contributed by atoms with E-state index in [2.05, 4.69) is 46.5 Å². The molecule has 7 heteroatoms. The van der Waals surface area contributed by atoms with Crippen molar-refractivity contribution < 1.29 is 9.47 Å². The molecular formula is C22H37IN4O2. The number of nitrogens with one attached hydrogen (secondary N) is 2. The highest BCUT2D eigenvalue weighted by Crippen LogP contribution is 2.35. The largest absolute Gasteiger partial charge is 0.494 e. The summed E-state index contributed by atoms with van der Waals surface area (Å²) in [6, 6.07) is 4.25. The Morgan fingerprint density at radius 3 is 2.86 bits per heavy atom. The van der Waals surface area contributed by atoms with Crippen LogP contribution in [0.25, 0.3) is 0 Å². The van der Waals surface area contributed by atoms with Gasteiger partial charge in [-0.25, -0.2) is 0 Å². The summed E-state index contributed by atoms with van der Waals surface area (Å²) in [6.45, 7) is 12.2. The molecule has 0 saturated carbocycles. The van der Waals surface area contributed by atoms with E-state index in [-0.39, 0.29) is 30.1 Å². The molecule has 29 heavy (non-hydrogen) atoms. The van der Waals surface area contributed by atoms with Crippen LogP contribution in [0, 0.1) is 5.92 Å². The van der Waals surface area contributed by atoms with Crippen molar-refractivity contribution in [2.45, 2.75) is 52.7 Å². The van der Waals surface area contributed by atoms with Crippen LogP contribution in [0.1, 0.15) is 44.7 Å². The van der Waals surface area contributed by atoms with Gasteiger partial charge in [0.15, 0.2) is 5.96 Å². The van der Waals surface area contributed by atoms with Crippen molar-refractivity contribution >= 4 is 29.9 Å². The van der Waals surface area contributed by atoms with Crippen molar-refractivity contribution in [1.29, 1.82) is 0 Å². The standard InChI is InChI=1S/C22H36N4O2.HI/c1-5-26-9-7-8-17(15-26)13-24-22(23-4)25-14-19-12-21-18(10-16(3)28-21)11-20(19)27-6-2;/h11-12,16-17H,5-10,13-15H2,1-4H3,(H2,23,24,25);1H. The third-order valence-corrected chi connectivity index (χ3v) is 5.66. The maximum atomic E-state index is 5.93. The van der Waals surface area contributed by atoms with Crippen molar-refractivity contribution in [3.8, 4) is 11.5 Å². The zero-order valence-electron chi connectivity index (χ0n) is 18.3. The molecule has 1 aromatic rings. The molecule has 1 aromatic carbocycles. The first-order valence-electron chi connectivity index (χ1n) is 10.7. The molecule has 2 atom stereocenters. The monoisotopic (exact) mass is 516 g/mol. The van der Waals surface area contributed by atoms with E-state index in [1.165, 1.54) is 31.5 Å². The predicted octanol–water partition coefficient (Wildman–Crippen LogP) is 3.42. The molecule has 2 heterocycles. The van der Waals surface area contributed by atoms with Crippen LogP contribution in [-0.4, -0.2) is 56.8 Å². The summed E-state index contributed by atoms with van der Waals surface area (Å²) in [5.74, 6) is 3.44. The Balaban J connectivity index is 0.00000300. The lowest BCUT2D eigenvalue weighted by Crippen LogP contribution is -2.44. The molecule has 0 aliphatic carbocycles. The number of guanidine groups is 1. The van der Waals surface area contributed by atoms with Crippen LogP contribution in [0.2, 0.25) is 0 Å². The van der Waals surface area contributed by atoms with E-state index in [9.17, 15) is 0 Å². The van der Waals surface area contributed by atoms with E-state index < -0.39 is 0 Å². The van der Waals surface area contributed by atoms with Crippen molar-refractivity contribution in [1.82, 2.24) is 15.5 Å². The number of piperidine rings is 1. The molecule has 0 radical (unpaired) electrons. The average Bonchev–Trinajstić information content (AvgIpc) is 3.07. The summed E-state index contributed by atoms with van der Waals surface area (Å²) in [6.07, 6.45) is 3.76. The molecule has 3 rings (SSSR count). The SMILES string of the molecule is CCOc1cc2c(cc1CNC(=NC)NCC1CCCN(CC)C1)OC(C)C2.I. The molecule has 164 valence electrons. The highest BCUT2D eigenvalue weighted by Gasteiger charge is 2.22. The smallest absolute Gasteiger partial charge is 0.191 e. The third kappa shape index (κ3) is 6.64. The van der Waals surface area contributed by atoms with Gasteiger partial charge < -0.3 is 25.0 Å². The Morgan fingerprint density at radius 1 is 1.31 bits per heavy atom. The molecule has 2 aliphatic heterocycles. The van der Waals surface area contributed by atoms with Gasteiger partial charge in [0.05, 0.1) is 6.61 Å². The van der Waals surface area contributed by atoms with Crippen LogP contribution in [0.5, 0.6) is 11.5 Å². The molecule has 1 fully saturated rings. The molecule has 1 saturated heterocycles. The minimum atomic E-state index is 0. The predicted molar refractivity (Wildman–Crippen MR) is 130 cm³/mol. The molecule has 0 spiro atoms. The number of benzene rings is 1. The second-order valence-corrected chi connectivity index (χ2v) is 7.84. The number of nitrogens with zero attached hydrogens (tertiary/aromatic N) is 2. The molecule has 0 aromatic heterocycles. The first-order valence-corrected chi connectivity index (χ1v) is 10.7. The fourth-order valence-corrected chi connectivity index (χ4v) is 4.16. The lowest BCUT2D eigenvalue weighted by atomic mass is 9.98. The molecule has 0 bridgehead atoms. The van der Waals surface area contributed by atoms with E-state index >= 15 is 0 Å². The van der Waals surface area contributed by atoms with Gasteiger partial charge in [-0.05, 0) is 57.8 Å². The van der Waals surface area contributed by atoms with Crippen LogP contribution in [0.15, 0.2) is 17.1 Å². The van der Waals surface area contributed by atoms with Crippen molar-refractivity contribution in [3.63, 3.8) is 0 Å². The maximum absolute atomic E-state index is 5.93. The molecule has 0 amide bonds. The van der Waals surface area contributed by atoms with Crippen LogP contribution in [-0.2, 0) is 13.0 Å². The quantitative estimate of drug-likeness (QED) is 0.331. The molecule has 2 unspecified atom stereocenters. The van der Waals surface area contributed by atoms with Crippen LogP contribution in [0.4, 0.5) is 0 Å². The van der Waals surface area contributed by atoms with Crippen molar-refractivity contribution in [3.05, 3.63) is 23.3 Å². The van der Waals surface area contributed by atoms with E-state index in [0.29, 0.717) is 19.1 Å². The van der Waals surface area contributed by atoms with Gasteiger partial charge in [0, 0.05) is 44.2 Å². The van der Waals surface area contributed by atoms with Gasteiger partial charge in [0.1, 0.15) is 17.6 Å². The van der Waals surface area contributed by atoms with E-state index in [1.54, 1.807) is 0 Å². The van der Waals surface area contributed by atoms with E-state index in [1.807, 2.05) is 14.0 Å². The van der Waals surface area contributed by atoms with Gasteiger partial charge in [0.25, 0.3) is 0 Å². The second kappa shape index (κ2) is 11.8. The number of likely N-dealkylation sites (tertiary alicyclic amines) is 1. The summed E-state index contributed by atoms with van der Waals surface area (Å²) in [5, 5.41) is 6.95. The third-order valence-electron chi connectivity index (χ3n) is 5.66. The number of aliphatic imine (C=N–C) groups is 1. The van der Waals surface area contributed by atoms with Gasteiger partial charge in [-0.1, -0.05) is 6.92 Å². The minimum Gasteiger partial charge on any atom is -0.494 e. The Bertz CT molecular complexity index is 683. The number of hydrogen-bond donors (Lipinski definition) is 2. The normalized spacial score (nSPS) is 21.7. The lowest BCUT2D eigenvalue weighted by Gasteiger charge is -2.32. The summed E-state index contributed by atoms with van der Waals surface area (Å²) >= 11 is 0. The summed E-state index contributed by atoms with van der Waals surface area (Å²) < 4.78 is 11.8. The lowest BCUT2D eigenvalue weighted by molar-refractivity contribution is 0.183. The van der Waals surface area contributed by atoms with Gasteiger partial charge >= 0.3 is 0 Å². The van der Waals surface area contributed by atoms with Gasteiger partial charge in [-0.15, -0.1) is 24.0 Å². The molecule has 2 N–H and O–H groups in total.